The normalized spacial score (nSPS) is 28.6. The van der Waals surface area contributed by atoms with Crippen LogP contribution in [0.2, 0.25) is 0 Å². The summed E-state index contributed by atoms with van der Waals surface area (Å²) < 4.78 is 4.79. The lowest BCUT2D eigenvalue weighted by Gasteiger charge is -2.36. The fourth-order valence-electron chi connectivity index (χ4n) is 6.16. The topological polar surface area (TPSA) is 108 Å². The summed E-state index contributed by atoms with van der Waals surface area (Å²) in [6.45, 7) is 4.31. The molecule has 6 atom stereocenters. The Morgan fingerprint density at radius 2 is 1.89 bits per heavy atom. The van der Waals surface area contributed by atoms with Crippen molar-refractivity contribution in [2.45, 2.75) is 55.3 Å². The van der Waals surface area contributed by atoms with Gasteiger partial charge in [0.2, 0.25) is 17.7 Å². The number of aliphatic hydroxyl groups is 1. The average Bonchev–Trinajstić information content (AvgIpc) is 3.56. The van der Waals surface area contributed by atoms with Crippen LogP contribution < -0.4 is 15.4 Å². The van der Waals surface area contributed by atoms with Crippen LogP contribution in [0.15, 0.2) is 54.6 Å². The highest BCUT2D eigenvalue weighted by Crippen LogP contribution is 2.66. The number of benzene rings is 2. The van der Waals surface area contributed by atoms with E-state index in [0.717, 1.165) is 17.7 Å². The number of likely N-dealkylation sites (tertiary alicyclic amines) is 1. The van der Waals surface area contributed by atoms with Crippen LogP contribution in [0, 0.1) is 11.8 Å². The number of hydrogen-bond acceptors (Lipinski definition) is 6. The molecule has 2 bridgehead atoms. The molecule has 3 aliphatic rings. The zero-order valence-electron chi connectivity index (χ0n) is 21.1. The highest BCUT2D eigenvalue weighted by molar-refractivity contribution is 8.02. The Balaban J connectivity index is 1.39. The molecule has 3 amide bonds. The van der Waals surface area contributed by atoms with E-state index in [2.05, 4.69) is 10.6 Å². The van der Waals surface area contributed by atoms with Gasteiger partial charge in [-0.1, -0.05) is 30.3 Å². The molecule has 9 heteroatoms. The van der Waals surface area contributed by atoms with Gasteiger partial charge in [0.05, 0.1) is 35.8 Å². The predicted octanol–water partition coefficient (Wildman–Crippen LogP) is 2.81. The molecule has 2 aromatic rings. The molecule has 3 fully saturated rings. The van der Waals surface area contributed by atoms with E-state index in [1.54, 1.807) is 43.0 Å². The smallest absolute Gasteiger partial charge is 0.244 e. The van der Waals surface area contributed by atoms with Gasteiger partial charge in [0.25, 0.3) is 0 Å². The summed E-state index contributed by atoms with van der Waals surface area (Å²) in [7, 11) is 0. The number of nitrogens with one attached hydrogen (secondary N) is 2. The monoisotopic (exact) mass is 523 g/mol. The standard InChI is InChI=1S/C28H33N3O5S/c1-3-36-20-11-9-19(10-12-20)30-25(33)22-21-13-14-28(37-21)23(22)27(35)31(17(2)16-32)24(28)26(34)29-15-18-7-5-4-6-8-18/h4-12,17,21-24,32H,3,13-16H2,1-2H3,(H,29,34)(H,30,33)/t17-,21-,22+,23+,24?,28?/m1/s1. The molecule has 3 aliphatic heterocycles. The molecular weight excluding hydrogens is 490 g/mol. The summed E-state index contributed by atoms with van der Waals surface area (Å²) in [6.07, 6.45) is 1.45. The van der Waals surface area contributed by atoms with Gasteiger partial charge in [-0.05, 0) is 56.5 Å². The Kier molecular flexibility index (Phi) is 7.18. The van der Waals surface area contributed by atoms with Crippen LogP contribution in [0.1, 0.15) is 32.3 Å². The van der Waals surface area contributed by atoms with Crippen molar-refractivity contribution in [2.75, 3.05) is 18.5 Å². The first-order valence-electron chi connectivity index (χ1n) is 12.9. The molecule has 196 valence electrons. The molecule has 0 aliphatic carbocycles. The zero-order chi connectivity index (χ0) is 26.2. The van der Waals surface area contributed by atoms with Crippen molar-refractivity contribution < 1.29 is 24.2 Å². The number of fused-ring (bicyclic) bond motifs is 1. The highest BCUT2D eigenvalue weighted by atomic mass is 32.2. The Bertz CT molecular complexity index is 1160. The molecule has 2 unspecified atom stereocenters. The highest BCUT2D eigenvalue weighted by Gasteiger charge is 2.74. The maximum atomic E-state index is 13.9. The Hall–Kier alpha value is -3.04. The van der Waals surface area contributed by atoms with Gasteiger partial charge >= 0.3 is 0 Å². The van der Waals surface area contributed by atoms with Crippen molar-refractivity contribution in [1.29, 1.82) is 0 Å². The van der Waals surface area contributed by atoms with Crippen LogP contribution in [-0.4, -0.2) is 63.0 Å². The van der Waals surface area contributed by atoms with Crippen molar-refractivity contribution in [3.63, 3.8) is 0 Å². The summed E-state index contributed by atoms with van der Waals surface area (Å²) in [5.74, 6) is -1.09. The van der Waals surface area contributed by atoms with E-state index in [0.29, 0.717) is 25.3 Å². The van der Waals surface area contributed by atoms with E-state index in [4.69, 9.17) is 4.74 Å². The Labute approximate surface area is 221 Å². The first-order valence-corrected chi connectivity index (χ1v) is 13.7. The molecule has 1 spiro atoms. The van der Waals surface area contributed by atoms with Crippen molar-refractivity contribution in [3.8, 4) is 5.75 Å². The maximum Gasteiger partial charge on any atom is 0.244 e. The summed E-state index contributed by atoms with van der Waals surface area (Å²) >= 11 is 1.61. The van der Waals surface area contributed by atoms with Crippen LogP contribution in [0.3, 0.4) is 0 Å². The average molecular weight is 524 g/mol. The van der Waals surface area contributed by atoms with Crippen molar-refractivity contribution in [3.05, 3.63) is 60.2 Å². The second-order valence-corrected chi connectivity index (χ2v) is 11.6. The zero-order valence-corrected chi connectivity index (χ0v) is 21.9. The SMILES string of the molecule is CCOc1ccc(NC(=O)[C@@H]2[C@H]3C(=O)N([C@H](C)CO)C(C(=O)NCc4ccccc4)C34CC[C@H]2S4)cc1. The number of amides is 3. The Morgan fingerprint density at radius 1 is 1.16 bits per heavy atom. The first kappa shape index (κ1) is 25.6. The van der Waals surface area contributed by atoms with Gasteiger partial charge in [-0.15, -0.1) is 11.8 Å². The van der Waals surface area contributed by atoms with E-state index in [-0.39, 0.29) is 29.6 Å². The minimum Gasteiger partial charge on any atom is -0.494 e. The predicted molar refractivity (Wildman–Crippen MR) is 142 cm³/mol. The van der Waals surface area contributed by atoms with Crippen molar-refractivity contribution >= 4 is 35.2 Å². The van der Waals surface area contributed by atoms with Crippen LogP contribution in [-0.2, 0) is 20.9 Å². The van der Waals surface area contributed by atoms with Gasteiger partial charge in [-0.25, -0.2) is 0 Å². The number of aliphatic hydroxyl groups excluding tert-OH is 1. The number of rotatable bonds is 9. The Morgan fingerprint density at radius 3 is 2.57 bits per heavy atom. The maximum absolute atomic E-state index is 13.9. The van der Waals surface area contributed by atoms with E-state index in [1.807, 2.05) is 37.3 Å². The lowest BCUT2D eigenvalue weighted by molar-refractivity contribution is -0.141. The molecule has 8 nitrogen and oxygen atoms in total. The van der Waals surface area contributed by atoms with E-state index < -0.39 is 28.7 Å². The summed E-state index contributed by atoms with van der Waals surface area (Å²) in [5.41, 5.74) is 1.60. The summed E-state index contributed by atoms with van der Waals surface area (Å²) in [6, 6.07) is 15.5. The van der Waals surface area contributed by atoms with Crippen LogP contribution in [0.25, 0.3) is 0 Å². The third-order valence-electron chi connectivity index (χ3n) is 7.77. The summed E-state index contributed by atoms with van der Waals surface area (Å²) in [5, 5.41) is 15.9. The van der Waals surface area contributed by atoms with E-state index in [1.165, 1.54) is 4.90 Å². The lowest BCUT2D eigenvalue weighted by Crippen LogP contribution is -2.55. The molecule has 2 aromatic carbocycles. The molecule has 5 rings (SSSR count). The van der Waals surface area contributed by atoms with Gasteiger partial charge in [0, 0.05) is 17.5 Å². The first-order chi connectivity index (χ1) is 17.9. The second-order valence-electron chi connectivity index (χ2n) is 9.98. The third kappa shape index (κ3) is 4.48. The van der Waals surface area contributed by atoms with Crippen LogP contribution in [0.4, 0.5) is 5.69 Å². The van der Waals surface area contributed by atoms with Gasteiger partial charge in [0.1, 0.15) is 11.8 Å². The van der Waals surface area contributed by atoms with Gasteiger partial charge < -0.3 is 25.4 Å². The number of nitrogens with zero attached hydrogens (tertiary/aromatic N) is 1. The molecule has 0 radical (unpaired) electrons. The van der Waals surface area contributed by atoms with Gasteiger partial charge in [-0.3, -0.25) is 14.4 Å². The third-order valence-corrected chi connectivity index (χ3v) is 9.72. The lowest BCUT2D eigenvalue weighted by atomic mass is 9.70. The van der Waals surface area contributed by atoms with Crippen LogP contribution in [0.5, 0.6) is 5.75 Å². The largest absolute Gasteiger partial charge is 0.494 e. The number of anilines is 1. The fourth-order valence-corrected chi connectivity index (χ4v) is 8.37. The minimum absolute atomic E-state index is 0.0346. The molecule has 3 heterocycles. The van der Waals surface area contributed by atoms with E-state index in [9.17, 15) is 19.5 Å². The van der Waals surface area contributed by atoms with Crippen molar-refractivity contribution in [1.82, 2.24) is 10.2 Å². The molecule has 3 N–H and O–H groups in total. The molecular formula is C28H33N3O5S. The van der Waals surface area contributed by atoms with E-state index >= 15 is 0 Å². The number of carbonyl (C=O) groups is 3. The van der Waals surface area contributed by atoms with Crippen molar-refractivity contribution in [2.24, 2.45) is 11.8 Å². The molecule has 3 saturated heterocycles. The minimum atomic E-state index is -0.742. The molecule has 0 saturated carbocycles. The fraction of sp³-hybridized carbons (Fsp3) is 0.464. The number of hydrogen-bond donors (Lipinski definition) is 3. The molecule has 0 aromatic heterocycles. The molecule has 37 heavy (non-hydrogen) atoms. The quantitative estimate of drug-likeness (QED) is 0.467. The number of carbonyl (C=O) groups excluding carboxylic acids is 3. The number of thioether (sulfide) groups is 1. The van der Waals surface area contributed by atoms with Crippen LogP contribution >= 0.6 is 11.8 Å². The second kappa shape index (κ2) is 10.4. The van der Waals surface area contributed by atoms with Gasteiger partial charge in [0.15, 0.2) is 0 Å². The van der Waals surface area contributed by atoms with Gasteiger partial charge in [-0.2, -0.15) is 0 Å². The summed E-state index contributed by atoms with van der Waals surface area (Å²) in [4.78, 5) is 42.6. The number of ether oxygens (including phenoxy) is 1.